The third-order valence-electron chi connectivity index (χ3n) is 1.84. The quantitative estimate of drug-likeness (QED) is 0.783. The predicted octanol–water partition coefficient (Wildman–Crippen LogP) is 1.37. The molecule has 0 bridgehead atoms. The number of rotatable bonds is 4. The summed E-state index contributed by atoms with van der Waals surface area (Å²) in [5.41, 5.74) is 1.74. The minimum absolute atomic E-state index is 0.0519. The Labute approximate surface area is 88.6 Å². The molecule has 0 fully saturated rings. The van der Waals surface area contributed by atoms with Crippen molar-refractivity contribution in [3.63, 3.8) is 0 Å². The molecule has 1 rings (SSSR count). The van der Waals surface area contributed by atoms with Gasteiger partial charge < -0.3 is 10.4 Å². The number of aliphatic carboxylic acids is 1. The fraction of sp³-hybridized carbons (Fsp3) is 0.500. The number of aromatic nitrogens is 2. The van der Waals surface area contributed by atoms with Crippen molar-refractivity contribution < 1.29 is 9.90 Å². The van der Waals surface area contributed by atoms with Crippen molar-refractivity contribution in [1.29, 1.82) is 0 Å². The van der Waals surface area contributed by atoms with E-state index in [0.29, 0.717) is 5.95 Å². The predicted molar refractivity (Wildman–Crippen MR) is 56.8 cm³/mol. The maximum atomic E-state index is 10.5. The van der Waals surface area contributed by atoms with E-state index in [9.17, 15) is 4.79 Å². The molecule has 5 heteroatoms. The van der Waals surface area contributed by atoms with E-state index in [0.717, 1.165) is 11.4 Å². The summed E-state index contributed by atoms with van der Waals surface area (Å²) in [7, 11) is 0. The van der Waals surface area contributed by atoms with Crippen LogP contribution in [0.4, 0.5) is 5.95 Å². The number of carboxylic acid groups (broad SMARTS) is 1. The zero-order valence-corrected chi connectivity index (χ0v) is 9.11. The van der Waals surface area contributed by atoms with Gasteiger partial charge in [0.15, 0.2) is 0 Å². The molecule has 0 radical (unpaired) electrons. The number of hydrogen-bond donors (Lipinski definition) is 2. The van der Waals surface area contributed by atoms with Crippen LogP contribution >= 0.6 is 0 Å². The van der Waals surface area contributed by atoms with Gasteiger partial charge in [-0.3, -0.25) is 4.79 Å². The average molecular weight is 209 g/mol. The molecule has 0 saturated carbocycles. The second kappa shape index (κ2) is 4.72. The first-order valence-corrected chi connectivity index (χ1v) is 4.78. The van der Waals surface area contributed by atoms with Crippen LogP contribution in [0.3, 0.4) is 0 Å². The Balaban J connectivity index is 2.67. The molecule has 0 aliphatic heterocycles. The molecule has 1 aromatic rings. The molecule has 1 unspecified atom stereocenters. The number of carbonyl (C=O) groups is 1. The smallest absolute Gasteiger partial charge is 0.305 e. The van der Waals surface area contributed by atoms with Gasteiger partial charge in [-0.25, -0.2) is 9.97 Å². The van der Waals surface area contributed by atoms with Crippen molar-refractivity contribution in [2.24, 2.45) is 0 Å². The van der Waals surface area contributed by atoms with Crippen LogP contribution in [0.25, 0.3) is 0 Å². The van der Waals surface area contributed by atoms with Gasteiger partial charge in [0.05, 0.1) is 6.42 Å². The van der Waals surface area contributed by atoms with Crippen molar-refractivity contribution in [2.45, 2.75) is 33.2 Å². The van der Waals surface area contributed by atoms with Crippen molar-refractivity contribution in [3.05, 3.63) is 17.5 Å². The van der Waals surface area contributed by atoms with Gasteiger partial charge in [0.2, 0.25) is 5.95 Å². The van der Waals surface area contributed by atoms with Crippen molar-refractivity contribution in [3.8, 4) is 0 Å². The summed E-state index contributed by atoms with van der Waals surface area (Å²) >= 11 is 0. The molecule has 1 atom stereocenters. The van der Waals surface area contributed by atoms with E-state index < -0.39 is 5.97 Å². The number of aryl methyl sites for hydroxylation is 2. The molecule has 5 nitrogen and oxygen atoms in total. The molecule has 1 heterocycles. The molecule has 0 spiro atoms. The Bertz CT molecular complexity index is 345. The molecule has 0 aliphatic carbocycles. The van der Waals surface area contributed by atoms with E-state index in [2.05, 4.69) is 15.3 Å². The van der Waals surface area contributed by atoms with E-state index in [1.165, 1.54) is 0 Å². The number of hydrogen-bond acceptors (Lipinski definition) is 4. The Morgan fingerprint density at radius 3 is 2.47 bits per heavy atom. The number of nitrogens with zero attached hydrogens (tertiary/aromatic N) is 2. The molecular formula is C10H15N3O2. The number of nitrogens with one attached hydrogen (secondary N) is 1. The summed E-state index contributed by atoms with van der Waals surface area (Å²) in [5.74, 6) is -0.347. The van der Waals surface area contributed by atoms with Crippen molar-refractivity contribution in [1.82, 2.24) is 9.97 Å². The fourth-order valence-corrected chi connectivity index (χ4v) is 1.32. The maximum Gasteiger partial charge on any atom is 0.305 e. The topological polar surface area (TPSA) is 75.1 Å². The molecule has 0 aromatic carbocycles. The van der Waals surface area contributed by atoms with E-state index in [4.69, 9.17) is 5.11 Å². The van der Waals surface area contributed by atoms with Crippen LogP contribution in [0, 0.1) is 13.8 Å². The fourth-order valence-electron chi connectivity index (χ4n) is 1.32. The van der Waals surface area contributed by atoms with Crippen LogP contribution in [0.5, 0.6) is 0 Å². The van der Waals surface area contributed by atoms with Crippen LogP contribution < -0.4 is 5.32 Å². The molecule has 0 aliphatic rings. The third kappa shape index (κ3) is 3.93. The van der Waals surface area contributed by atoms with Gasteiger partial charge in [-0.15, -0.1) is 0 Å². The molecular weight excluding hydrogens is 194 g/mol. The highest BCUT2D eigenvalue weighted by Gasteiger charge is 2.08. The van der Waals surface area contributed by atoms with Crippen LogP contribution in [-0.4, -0.2) is 27.1 Å². The number of carboxylic acids is 1. The zero-order chi connectivity index (χ0) is 11.4. The lowest BCUT2D eigenvalue weighted by molar-refractivity contribution is -0.137. The van der Waals surface area contributed by atoms with Gasteiger partial charge in [0.1, 0.15) is 0 Å². The van der Waals surface area contributed by atoms with Gasteiger partial charge in [-0.05, 0) is 26.8 Å². The molecule has 2 N–H and O–H groups in total. The van der Waals surface area contributed by atoms with Crippen LogP contribution in [-0.2, 0) is 4.79 Å². The van der Waals surface area contributed by atoms with E-state index in [1.807, 2.05) is 19.9 Å². The van der Waals surface area contributed by atoms with Gasteiger partial charge >= 0.3 is 5.97 Å². The maximum absolute atomic E-state index is 10.5. The zero-order valence-electron chi connectivity index (χ0n) is 9.11. The van der Waals surface area contributed by atoms with Crippen LogP contribution in [0.2, 0.25) is 0 Å². The second-order valence-corrected chi connectivity index (χ2v) is 3.62. The Morgan fingerprint density at radius 2 is 2.00 bits per heavy atom. The second-order valence-electron chi connectivity index (χ2n) is 3.62. The lowest BCUT2D eigenvalue weighted by Gasteiger charge is -2.11. The summed E-state index contributed by atoms with van der Waals surface area (Å²) in [6.45, 7) is 5.54. The van der Waals surface area contributed by atoms with E-state index in [1.54, 1.807) is 6.92 Å². The summed E-state index contributed by atoms with van der Waals surface area (Å²) < 4.78 is 0. The summed E-state index contributed by atoms with van der Waals surface area (Å²) in [4.78, 5) is 18.8. The van der Waals surface area contributed by atoms with Crippen LogP contribution in [0.15, 0.2) is 6.07 Å². The average Bonchev–Trinajstić information content (AvgIpc) is 1.98. The van der Waals surface area contributed by atoms with Crippen molar-refractivity contribution in [2.75, 3.05) is 5.32 Å². The largest absolute Gasteiger partial charge is 0.481 e. The molecule has 0 amide bonds. The van der Waals surface area contributed by atoms with Crippen molar-refractivity contribution >= 4 is 11.9 Å². The minimum atomic E-state index is -0.834. The molecule has 0 saturated heterocycles. The minimum Gasteiger partial charge on any atom is -0.481 e. The van der Waals surface area contributed by atoms with E-state index >= 15 is 0 Å². The van der Waals surface area contributed by atoms with Gasteiger partial charge in [0, 0.05) is 17.4 Å². The Morgan fingerprint density at radius 1 is 1.47 bits per heavy atom. The molecule has 82 valence electrons. The van der Waals surface area contributed by atoms with Crippen LogP contribution in [0.1, 0.15) is 24.7 Å². The van der Waals surface area contributed by atoms with Gasteiger partial charge in [0.25, 0.3) is 0 Å². The highest BCUT2D eigenvalue weighted by Crippen LogP contribution is 2.06. The monoisotopic (exact) mass is 209 g/mol. The molecule has 15 heavy (non-hydrogen) atoms. The van der Waals surface area contributed by atoms with Gasteiger partial charge in [-0.1, -0.05) is 0 Å². The number of anilines is 1. The normalized spacial score (nSPS) is 12.2. The molecule has 1 aromatic heterocycles. The highest BCUT2D eigenvalue weighted by molar-refractivity contribution is 5.68. The lowest BCUT2D eigenvalue weighted by atomic mass is 10.2. The first kappa shape index (κ1) is 11.4. The Kier molecular flexibility index (Phi) is 3.60. The van der Waals surface area contributed by atoms with Gasteiger partial charge in [-0.2, -0.15) is 0 Å². The summed E-state index contributed by atoms with van der Waals surface area (Å²) in [6, 6.07) is 1.69. The standard InChI is InChI=1S/C10H15N3O2/c1-6-4-7(2)12-10(11-6)13-8(3)5-9(14)15/h4,8H,5H2,1-3H3,(H,14,15)(H,11,12,13). The SMILES string of the molecule is Cc1cc(C)nc(NC(C)CC(=O)O)n1. The van der Waals surface area contributed by atoms with E-state index in [-0.39, 0.29) is 12.5 Å². The summed E-state index contributed by atoms with van der Waals surface area (Å²) in [6.07, 6.45) is 0.0519. The summed E-state index contributed by atoms with van der Waals surface area (Å²) in [5, 5.41) is 11.5. The third-order valence-corrected chi connectivity index (χ3v) is 1.84. The lowest BCUT2D eigenvalue weighted by Crippen LogP contribution is -2.21. The Hall–Kier alpha value is -1.65. The highest BCUT2D eigenvalue weighted by atomic mass is 16.4. The first-order chi connectivity index (χ1) is 6.97. The first-order valence-electron chi connectivity index (χ1n) is 4.78.